The predicted octanol–water partition coefficient (Wildman–Crippen LogP) is 3.95. The fourth-order valence-electron chi connectivity index (χ4n) is 3.39. The predicted molar refractivity (Wildman–Crippen MR) is 77.4 cm³/mol. The zero-order valence-corrected chi connectivity index (χ0v) is 13.1. The molecule has 0 bridgehead atoms. The molecule has 0 spiro atoms. The average Bonchev–Trinajstić information content (AvgIpc) is 2.77. The lowest BCUT2D eigenvalue weighted by Gasteiger charge is -2.35. The van der Waals surface area contributed by atoms with E-state index in [0.717, 1.165) is 13.0 Å². The Hall–Kier alpha value is -0.530. The van der Waals surface area contributed by atoms with E-state index < -0.39 is 0 Å². The molecule has 18 heavy (non-hydrogen) atoms. The number of rotatable bonds is 5. The van der Waals surface area contributed by atoms with Crippen LogP contribution in [0, 0.1) is 23.7 Å². The summed E-state index contributed by atoms with van der Waals surface area (Å²) in [4.78, 5) is 15.0. The van der Waals surface area contributed by atoms with Crippen molar-refractivity contribution in [3.63, 3.8) is 0 Å². The summed E-state index contributed by atoms with van der Waals surface area (Å²) in [6.07, 6.45) is 3.46. The maximum absolute atomic E-state index is 12.8. The fourth-order valence-corrected chi connectivity index (χ4v) is 3.39. The molecule has 1 saturated heterocycles. The SMILES string of the molecule is CCC(C)C(C(=O)N1CCC[C@H]1C(C)C)C(C)C. The number of nitrogens with zero attached hydrogens (tertiary/aromatic N) is 1. The molecule has 0 radical (unpaired) electrons. The van der Waals surface area contributed by atoms with Crippen molar-refractivity contribution in [2.75, 3.05) is 6.54 Å². The molecule has 0 aliphatic carbocycles. The molecular weight excluding hydrogens is 222 g/mol. The van der Waals surface area contributed by atoms with Gasteiger partial charge in [-0.2, -0.15) is 0 Å². The Morgan fingerprint density at radius 2 is 1.83 bits per heavy atom. The minimum atomic E-state index is 0.203. The zero-order chi connectivity index (χ0) is 13.9. The normalized spacial score (nSPS) is 23.8. The molecule has 2 heteroatoms. The first kappa shape index (κ1) is 15.5. The number of carbonyl (C=O) groups excluding carboxylic acids is 1. The second-order valence-electron chi connectivity index (χ2n) is 6.64. The largest absolute Gasteiger partial charge is 0.339 e. The Morgan fingerprint density at radius 3 is 2.28 bits per heavy atom. The number of carbonyl (C=O) groups is 1. The molecule has 1 rings (SSSR count). The van der Waals surface area contributed by atoms with Crippen LogP contribution in [0.4, 0.5) is 0 Å². The van der Waals surface area contributed by atoms with Gasteiger partial charge in [-0.05, 0) is 30.6 Å². The van der Waals surface area contributed by atoms with E-state index in [4.69, 9.17) is 0 Å². The molecule has 0 N–H and O–H groups in total. The molecule has 0 aromatic carbocycles. The molecule has 3 atom stereocenters. The molecule has 1 fully saturated rings. The van der Waals surface area contributed by atoms with Crippen molar-refractivity contribution in [2.24, 2.45) is 23.7 Å². The maximum Gasteiger partial charge on any atom is 0.226 e. The van der Waals surface area contributed by atoms with E-state index in [9.17, 15) is 4.79 Å². The number of hydrogen-bond donors (Lipinski definition) is 0. The van der Waals surface area contributed by atoms with E-state index in [0.29, 0.717) is 29.7 Å². The molecule has 1 amide bonds. The lowest BCUT2D eigenvalue weighted by molar-refractivity contribution is -0.140. The first-order valence-corrected chi connectivity index (χ1v) is 7.70. The van der Waals surface area contributed by atoms with Crippen LogP contribution >= 0.6 is 0 Å². The summed E-state index contributed by atoms with van der Waals surface area (Å²) in [5.41, 5.74) is 0. The van der Waals surface area contributed by atoms with Crippen molar-refractivity contribution in [1.29, 1.82) is 0 Å². The molecule has 1 aliphatic heterocycles. The summed E-state index contributed by atoms with van der Waals surface area (Å²) in [5.74, 6) is 2.14. The van der Waals surface area contributed by atoms with E-state index in [1.165, 1.54) is 12.8 Å². The van der Waals surface area contributed by atoms with E-state index in [1.807, 2.05) is 0 Å². The van der Waals surface area contributed by atoms with Gasteiger partial charge < -0.3 is 4.90 Å². The van der Waals surface area contributed by atoms with Gasteiger partial charge in [0.05, 0.1) is 0 Å². The average molecular weight is 253 g/mol. The van der Waals surface area contributed by atoms with Crippen LogP contribution < -0.4 is 0 Å². The lowest BCUT2D eigenvalue weighted by Crippen LogP contribution is -2.45. The highest BCUT2D eigenvalue weighted by Crippen LogP contribution is 2.31. The van der Waals surface area contributed by atoms with Gasteiger partial charge in [0.1, 0.15) is 0 Å². The third-order valence-corrected chi connectivity index (χ3v) is 4.61. The van der Waals surface area contributed by atoms with Gasteiger partial charge in [-0.3, -0.25) is 4.79 Å². The van der Waals surface area contributed by atoms with Crippen molar-refractivity contribution in [1.82, 2.24) is 4.90 Å². The Bertz CT molecular complexity index is 272. The lowest BCUT2D eigenvalue weighted by atomic mass is 9.81. The topological polar surface area (TPSA) is 20.3 Å². The highest BCUT2D eigenvalue weighted by molar-refractivity contribution is 5.80. The Labute approximate surface area is 113 Å². The molecule has 1 heterocycles. The van der Waals surface area contributed by atoms with Crippen LogP contribution in [0.15, 0.2) is 0 Å². The van der Waals surface area contributed by atoms with Gasteiger partial charge in [0.15, 0.2) is 0 Å². The molecule has 2 nitrogen and oxygen atoms in total. The van der Waals surface area contributed by atoms with Gasteiger partial charge in [0.2, 0.25) is 5.91 Å². The number of hydrogen-bond acceptors (Lipinski definition) is 1. The van der Waals surface area contributed by atoms with Crippen molar-refractivity contribution in [3.05, 3.63) is 0 Å². The van der Waals surface area contributed by atoms with Gasteiger partial charge in [0.25, 0.3) is 0 Å². The summed E-state index contributed by atoms with van der Waals surface area (Å²) in [5, 5.41) is 0. The van der Waals surface area contributed by atoms with Crippen molar-refractivity contribution >= 4 is 5.91 Å². The molecule has 106 valence electrons. The van der Waals surface area contributed by atoms with E-state index >= 15 is 0 Å². The standard InChI is InChI=1S/C16H31NO/c1-7-13(6)15(12(4)5)16(18)17-10-8-9-14(17)11(2)3/h11-15H,7-10H2,1-6H3/t13?,14-,15?/m0/s1. The third-order valence-electron chi connectivity index (χ3n) is 4.61. The highest BCUT2D eigenvalue weighted by Gasteiger charge is 2.37. The Balaban J connectivity index is 2.82. The molecule has 1 aliphatic rings. The van der Waals surface area contributed by atoms with E-state index in [2.05, 4.69) is 46.4 Å². The smallest absolute Gasteiger partial charge is 0.226 e. The zero-order valence-electron chi connectivity index (χ0n) is 13.1. The van der Waals surface area contributed by atoms with Gasteiger partial charge in [-0.15, -0.1) is 0 Å². The minimum absolute atomic E-state index is 0.203. The second-order valence-corrected chi connectivity index (χ2v) is 6.64. The number of amides is 1. The second kappa shape index (κ2) is 6.58. The molecular formula is C16H31NO. The molecule has 0 aromatic rings. The van der Waals surface area contributed by atoms with Gasteiger partial charge in [-0.25, -0.2) is 0 Å². The van der Waals surface area contributed by atoms with Crippen molar-refractivity contribution < 1.29 is 4.79 Å². The monoisotopic (exact) mass is 253 g/mol. The minimum Gasteiger partial charge on any atom is -0.339 e. The van der Waals surface area contributed by atoms with Crippen LogP contribution in [-0.4, -0.2) is 23.4 Å². The van der Waals surface area contributed by atoms with Crippen LogP contribution in [0.25, 0.3) is 0 Å². The Kier molecular flexibility index (Phi) is 5.68. The van der Waals surface area contributed by atoms with Crippen LogP contribution in [-0.2, 0) is 4.79 Å². The third kappa shape index (κ3) is 3.27. The van der Waals surface area contributed by atoms with Crippen LogP contribution in [0.1, 0.15) is 60.8 Å². The first-order valence-electron chi connectivity index (χ1n) is 7.70. The quantitative estimate of drug-likeness (QED) is 0.726. The van der Waals surface area contributed by atoms with Crippen molar-refractivity contribution in [2.45, 2.75) is 66.8 Å². The summed E-state index contributed by atoms with van der Waals surface area (Å²) < 4.78 is 0. The van der Waals surface area contributed by atoms with Gasteiger partial charge >= 0.3 is 0 Å². The summed E-state index contributed by atoms with van der Waals surface area (Å²) >= 11 is 0. The summed E-state index contributed by atoms with van der Waals surface area (Å²) in [7, 11) is 0. The maximum atomic E-state index is 12.8. The first-order chi connectivity index (χ1) is 8.40. The van der Waals surface area contributed by atoms with Crippen LogP contribution in [0.2, 0.25) is 0 Å². The highest BCUT2D eigenvalue weighted by atomic mass is 16.2. The van der Waals surface area contributed by atoms with Gasteiger partial charge in [-0.1, -0.05) is 48.0 Å². The van der Waals surface area contributed by atoms with E-state index in [1.54, 1.807) is 0 Å². The summed E-state index contributed by atoms with van der Waals surface area (Å²) in [6, 6.07) is 0.475. The fraction of sp³-hybridized carbons (Fsp3) is 0.938. The summed E-state index contributed by atoms with van der Waals surface area (Å²) in [6.45, 7) is 14.2. The molecule has 0 aromatic heterocycles. The van der Waals surface area contributed by atoms with Crippen LogP contribution in [0.5, 0.6) is 0 Å². The molecule has 0 saturated carbocycles. The Morgan fingerprint density at radius 1 is 1.22 bits per heavy atom. The molecule has 2 unspecified atom stereocenters. The van der Waals surface area contributed by atoms with E-state index in [-0.39, 0.29) is 5.92 Å². The number of likely N-dealkylation sites (tertiary alicyclic amines) is 1. The van der Waals surface area contributed by atoms with Crippen molar-refractivity contribution in [3.8, 4) is 0 Å². The van der Waals surface area contributed by atoms with Gasteiger partial charge in [0, 0.05) is 18.5 Å². The van der Waals surface area contributed by atoms with Crippen LogP contribution in [0.3, 0.4) is 0 Å².